The molecular formula is C26H38O5Si. The van der Waals surface area contributed by atoms with Crippen LogP contribution in [0.15, 0.2) is 11.6 Å². The van der Waals surface area contributed by atoms with Gasteiger partial charge in [0.15, 0.2) is 9.04 Å². The highest BCUT2D eigenvalue weighted by molar-refractivity contribution is 6.48. The number of carboxylic acid groups (broad SMARTS) is 1. The fraction of sp³-hybridized carbons (Fsp3) is 0.615. The standard InChI is InChI=1S/C26H38O5Si/c1-8-18-15(2)21-22(24(29)30-25(21)31-32(6)7)23(26(3,4)5)19(18)13-12-16-10-9-11-17(16)14-20(27)28/h12,17,25,32H,8-11,13-14H2,1-7H3,(H,27,28). The Morgan fingerprint density at radius 2 is 1.97 bits per heavy atom. The number of cyclic esters (lactones) is 1. The average molecular weight is 459 g/mol. The van der Waals surface area contributed by atoms with Crippen molar-refractivity contribution in [1.29, 1.82) is 0 Å². The number of benzene rings is 1. The number of carbonyl (C=O) groups is 2. The molecule has 0 bridgehead atoms. The Hall–Kier alpha value is -1.92. The molecular weight excluding hydrogens is 420 g/mol. The molecule has 0 aromatic heterocycles. The van der Waals surface area contributed by atoms with Gasteiger partial charge in [0.05, 0.1) is 12.0 Å². The number of fused-ring (bicyclic) bond motifs is 1. The average Bonchev–Trinajstić information content (AvgIpc) is 3.22. The van der Waals surface area contributed by atoms with Crippen molar-refractivity contribution in [1.82, 2.24) is 0 Å². The molecule has 0 radical (unpaired) electrons. The second-order valence-electron chi connectivity index (χ2n) is 10.4. The first-order valence-electron chi connectivity index (χ1n) is 11.9. The molecule has 6 heteroatoms. The molecule has 3 rings (SSSR count). The molecule has 1 aromatic carbocycles. The van der Waals surface area contributed by atoms with Crippen LogP contribution in [-0.4, -0.2) is 26.1 Å². The van der Waals surface area contributed by atoms with E-state index < -0.39 is 21.3 Å². The van der Waals surface area contributed by atoms with Crippen LogP contribution in [0.5, 0.6) is 0 Å². The predicted molar refractivity (Wildman–Crippen MR) is 129 cm³/mol. The van der Waals surface area contributed by atoms with Gasteiger partial charge < -0.3 is 14.3 Å². The lowest BCUT2D eigenvalue weighted by atomic mass is 9.74. The van der Waals surface area contributed by atoms with E-state index in [2.05, 4.69) is 53.8 Å². The van der Waals surface area contributed by atoms with Crippen LogP contribution in [0.2, 0.25) is 13.1 Å². The van der Waals surface area contributed by atoms with E-state index in [9.17, 15) is 14.7 Å². The molecule has 1 heterocycles. The van der Waals surface area contributed by atoms with Crippen LogP contribution in [0.1, 0.15) is 97.8 Å². The van der Waals surface area contributed by atoms with Gasteiger partial charge in [0.2, 0.25) is 6.29 Å². The highest BCUT2D eigenvalue weighted by Gasteiger charge is 2.41. The number of allylic oxidation sites excluding steroid dienone is 2. The van der Waals surface area contributed by atoms with Gasteiger partial charge in [-0.1, -0.05) is 39.3 Å². The molecule has 1 aromatic rings. The minimum absolute atomic E-state index is 0.130. The summed E-state index contributed by atoms with van der Waals surface area (Å²) in [6.45, 7) is 14.9. The minimum Gasteiger partial charge on any atom is -0.481 e. The third-order valence-corrected chi connectivity index (χ3v) is 7.52. The molecule has 1 N–H and O–H groups in total. The number of esters is 1. The van der Waals surface area contributed by atoms with Crippen LogP contribution >= 0.6 is 0 Å². The molecule has 1 saturated carbocycles. The van der Waals surface area contributed by atoms with Crippen LogP contribution in [0.4, 0.5) is 0 Å². The molecule has 176 valence electrons. The third kappa shape index (κ3) is 4.86. The van der Waals surface area contributed by atoms with E-state index in [1.165, 1.54) is 16.7 Å². The zero-order chi connectivity index (χ0) is 23.8. The van der Waals surface area contributed by atoms with Gasteiger partial charge in [-0.25, -0.2) is 4.79 Å². The van der Waals surface area contributed by atoms with Crippen molar-refractivity contribution in [3.63, 3.8) is 0 Å². The lowest BCUT2D eigenvalue weighted by Crippen LogP contribution is -2.22. The third-order valence-electron chi connectivity index (χ3n) is 6.73. The lowest BCUT2D eigenvalue weighted by Gasteiger charge is -2.29. The van der Waals surface area contributed by atoms with Crippen LogP contribution in [0.3, 0.4) is 0 Å². The molecule has 32 heavy (non-hydrogen) atoms. The summed E-state index contributed by atoms with van der Waals surface area (Å²) in [6.07, 6.45) is 6.37. The highest BCUT2D eigenvalue weighted by atomic mass is 28.3. The Morgan fingerprint density at radius 3 is 2.53 bits per heavy atom. The lowest BCUT2D eigenvalue weighted by molar-refractivity contribution is -0.137. The smallest absolute Gasteiger partial charge is 0.341 e. The van der Waals surface area contributed by atoms with E-state index in [4.69, 9.17) is 9.16 Å². The molecule has 1 fully saturated rings. The summed E-state index contributed by atoms with van der Waals surface area (Å²) >= 11 is 0. The SMILES string of the molecule is CCc1c(C)c2c(c(C(C)(C)C)c1CC=C1CCCC1CC(=O)O)C(=O)OC2O[SiH](C)C. The van der Waals surface area contributed by atoms with Crippen molar-refractivity contribution in [2.75, 3.05) is 0 Å². The Morgan fingerprint density at radius 1 is 1.28 bits per heavy atom. The second-order valence-corrected chi connectivity index (χ2v) is 12.8. The van der Waals surface area contributed by atoms with E-state index in [1.807, 2.05) is 0 Å². The Labute approximate surface area is 193 Å². The highest BCUT2D eigenvalue weighted by Crippen LogP contribution is 2.45. The van der Waals surface area contributed by atoms with Gasteiger partial charge in [0.25, 0.3) is 0 Å². The molecule has 0 saturated heterocycles. The number of carbonyl (C=O) groups excluding carboxylic acids is 1. The Kier molecular flexibility index (Phi) is 7.35. The molecule has 0 amide bonds. The summed E-state index contributed by atoms with van der Waals surface area (Å²) in [7, 11) is -1.41. The minimum atomic E-state index is -1.41. The summed E-state index contributed by atoms with van der Waals surface area (Å²) in [5.74, 6) is -0.887. The molecule has 2 aliphatic rings. The van der Waals surface area contributed by atoms with Crippen LogP contribution in [0.25, 0.3) is 0 Å². The maximum atomic E-state index is 13.1. The number of rotatable bonds is 7. The van der Waals surface area contributed by atoms with Gasteiger partial charge in [-0.2, -0.15) is 0 Å². The predicted octanol–water partition coefficient (Wildman–Crippen LogP) is 5.77. The van der Waals surface area contributed by atoms with Gasteiger partial charge in [0.1, 0.15) is 0 Å². The van der Waals surface area contributed by atoms with Crippen molar-refractivity contribution in [2.45, 2.75) is 97.9 Å². The summed E-state index contributed by atoms with van der Waals surface area (Å²) < 4.78 is 11.9. The van der Waals surface area contributed by atoms with Crippen LogP contribution in [0, 0.1) is 12.8 Å². The number of hydrogen-bond donors (Lipinski definition) is 1. The molecule has 1 aliphatic carbocycles. The molecule has 5 nitrogen and oxygen atoms in total. The van der Waals surface area contributed by atoms with Crippen LogP contribution in [-0.2, 0) is 32.2 Å². The fourth-order valence-corrected chi connectivity index (χ4v) is 6.18. The van der Waals surface area contributed by atoms with Crippen molar-refractivity contribution in [3.05, 3.63) is 45.0 Å². The zero-order valence-electron chi connectivity index (χ0n) is 20.6. The summed E-state index contributed by atoms with van der Waals surface area (Å²) in [5, 5.41) is 9.28. The number of ether oxygens (including phenoxy) is 1. The number of carboxylic acids is 1. The monoisotopic (exact) mass is 458 g/mol. The van der Waals surface area contributed by atoms with Crippen molar-refractivity contribution in [2.24, 2.45) is 5.92 Å². The maximum Gasteiger partial charge on any atom is 0.341 e. The number of hydrogen-bond acceptors (Lipinski definition) is 4. The van der Waals surface area contributed by atoms with E-state index in [1.54, 1.807) is 0 Å². The van der Waals surface area contributed by atoms with E-state index in [0.717, 1.165) is 42.4 Å². The quantitative estimate of drug-likeness (QED) is 0.319. The summed E-state index contributed by atoms with van der Waals surface area (Å²) in [5.41, 5.74) is 7.23. The van der Waals surface area contributed by atoms with Gasteiger partial charge in [0, 0.05) is 5.56 Å². The topological polar surface area (TPSA) is 72.8 Å². The summed E-state index contributed by atoms with van der Waals surface area (Å²) in [6, 6.07) is 0. The first kappa shape index (κ1) is 24.7. The first-order valence-corrected chi connectivity index (χ1v) is 14.7. The Balaban J connectivity index is 2.16. The van der Waals surface area contributed by atoms with E-state index >= 15 is 0 Å². The fourth-order valence-electron chi connectivity index (χ4n) is 5.50. The normalized spacial score (nSPS) is 22.0. The number of aliphatic carboxylic acids is 1. The van der Waals surface area contributed by atoms with E-state index in [0.29, 0.717) is 12.0 Å². The molecule has 2 unspecified atom stereocenters. The van der Waals surface area contributed by atoms with Crippen LogP contribution < -0.4 is 0 Å². The molecule has 2 atom stereocenters. The van der Waals surface area contributed by atoms with Crippen molar-refractivity contribution in [3.8, 4) is 0 Å². The second kappa shape index (κ2) is 9.52. The molecule has 0 spiro atoms. The van der Waals surface area contributed by atoms with Gasteiger partial charge in [-0.05, 0) is 85.7 Å². The van der Waals surface area contributed by atoms with Crippen molar-refractivity contribution >= 4 is 21.0 Å². The first-order chi connectivity index (χ1) is 15.0. The summed E-state index contributed by atoms with van der Waals surface area (Å²) in [4.78, 5) is 24.4. The largest absolute Gasteiger partial charge is 0.481 e. The zero-order valence-corrected chi connectivity index (χ0v) is 21.8. The maximum absolute atomic E-state index is 13.1. The van der Waals surface area contributed by atoms with Crippen molar-refractivity contribution < 1.29 is 23.9 Å². The van der Waals surface area contributed by atoms with Gasteiger partial charge in [-0.15, -0.1) is 0 Å². The molecule has 1 aliphatic heterocycles. The Bertz CT molecular complexity index is 939. The van der Waals surface area contributed by atoms with Gasteiger partial charge >= 0.3 is 11.9 Å². The van der Waals surface area contributed by atoms with E-state index in [-0.39, 0.29) is 23.7 Å². The van der Waals surface area contributed by atoms with Gasteiger partial charge in [-0.3, -0.25) is 4.79 Å².